The first-order valence-electron chi connectivity index (χ1n) is 14.6. The summed E-state index contributed by atoms with van der Waals surface area (Å²) in [5.41, 5.74) is 11.4. The molecule has 0 heterocycles. The molecule has 8 nitrogen and oxygen atoms in total. The Morgan fingerprint density at radius 2 is 1.20 bits per heavy atom. The minimum absolute atomic E-state index is 0.0812. The Morgan fingerprint density at radius 3 is 1.59 bits per heavy atom. The number of carbonyl (C=O) groups excluding carboxylic acids is 2. The highest BCUT2D eigenvalue weighted by Gasteiger charge is 2.26. The third-order valence-corrected chi connectivity index (χ3v) is 7.93. The predicted molar refractivity (Wildman–Crippen MR) is 167 cm³/mol. The second-order valence-electron chi connectivity index (χ2n) is 12.3. The van der Waals surface area contributed by atoms with Crippen LogP contribution in [0.5, 0.6) is 5.75 Å². The summed E-state index contributed by atoms with van der Waals surface area (Å²) in [6.07, 6.45) is 0.0894. The molecule has 0 unspecified atom stereocenters. The Hall–Kier alpha value is -2.91. The number of nitrogens with one attached hydrogen (secondary N) is 2. The molecule has 2 aromatic rings. The van der Waals surface area contributed by atoms with Gasteiger partial charge in [0.05, 0.1) is 6.42 Å². The van der Waals surface area contributed by atoms with Crippen LogP contribution in [0.2, 0.25) is 0 Å². The number of amides is 2. The molecule has 0 aliphatic rings. The molecule has 9 heteroatoms. The number of rotatable bonds is 13. The van der Waals surface area contributed by atoms with Crippen molar-refractivity contribution in [3.05, 3.63) is 57.6 Å². The summed E-state index contributed by atoms with van der Waals surface area (Å²) in [5.74, 6) is -0.322. The van der Waals surface area contributed by atoms with Crippen molar-refractivity contribution in [2.45, 2.75) is 112 Å². The summed E-state index contributed by atoms with van der Waals surface area (Å²) in [6, 6.07) is 7.68. The molecule has 0 saturated heterocycles. The lowest BCUT2D eigenvalue weighted by Crippen LogP contribution is -2.36. The summed E-state index contributed by atoms with van der Waals surface area (Å²) in [7, 11) is -4.50. The average Bonchev–Trinajstić information content (AvgIpc) is 2.83. The lowest BCUT2D eigenvalue weighted by molar-refractivity contribution is -0.119. The molecule has 228 valence electrons. The van der Waals surface area contributed by atoms with Crippen molar-refractivity contribution in [3.8, 4) is 5.75 Å². The molecule has 2 amide bonds. The van der Waals surface area contributed by atoms with Gasteiger partial charge in [-0.1, -0.05) is 81.4 Å². The van der Waals surface area contributed by atoms with Crippen molar-refractivity contribution >= 4 is 27.8 Å². The van der Waals surface area contributed by atoms with Gasteiger partial charge >= 0.3 is 10.3 Å². The van der Waals surface area contributed by atoms with E-state index in [1.165, 1.54) is 5.56 Å². The zero-order valence-electron chi connectivity index (χ0n) is 26.3. The largest absolute Gasteiger partial charge is 0.409 e. The van der Waals surface area contributed by atoms with Gasteiger partial charge in [0, 0.05) is 29.8 Å². The molecule has 0 atom stereocenters. The maximum atomic E-state index is 13.2. The van der Waals surface area contributed by atoms with Gasteiger partial charge in [0.2, 0.25) is 11.8 Å². The maximum Gasteiger partial charge on any atom is 0.409 e. The number of benzene rings is 2. The molecule has 0 aliphatic carbocycles. The zero-order chi connectivity index (χ0) is 31.2. The molecule has 41 heavy (non-hydrogen) atoms. The van der Waals surface area contributed by atoms with E-state index in [1.807, 2.05) is 27.7 Å². The second kappa shape index (κ2) is 14.3. The summed E-state index contributed by atoms with van der Waals surface area (Å²) < 4.78 is 34.2. The number of hydrogen-bond acceptors (Lipinski definition) is 6. The SMILES string of the molecule is CC(C)c1cc(C(C)C)c(CC(=O)NS(=O)(=O)Oc2c(C(C)C)cc(NC(=O)CCN)cc2C(C)C)c(C(C)C)c1. The Kier molecular flexibility index (Phi) is 12.0. The van der Waals surface area contributed by atoms with Crippen molar-refractivity contribution in [2.75, 3.05) is 11.9 Å². The van der Waals surface area contributed by atoms with Gasteiger partial charge in [-0.15, -0.1) is 0 Å². The maximum absolute atomic E-state index is 13.2. The number of anilines is 1. The van der Waals surface area contributed by atoms with E-state index in [2.05, 4.69) is 63.7 Å². The van der Waals surface area contributed by atoms with Crippen molar-refractivity contribution in [1.82, 2.24) is 4.72 Å². The van der Waals surface area contributed by atoms with Crippen LogP contribution in [0.15, 0.2) is 24.3 Å². The van der Waals surface area contributed by atoms with E-state index in [4.69, 9.17) is 9.92 Å². The van der Waals surface area contributed by atoms with Crippen LogP contribution in [0.4, 0.5) is 5.69 Å². The van der Waals surface area contributed by atoms with E-state index < -0.39 is 16.2 Å². The van der Waals surface area contributed by atoms with Gasteiger partial charge in [0.1, 0.15) is 0 Å². The Labute approximate surface area is 247 Å². The third kappa shape index (κ3) is 9.30. The standard InChI is InChI=1S/C32H49N3O5S/c1-18(2)23-13-25(19(3)4)29(26(14-23)20(5)6)17-31(37)35-41(38,39)40-32-27(21(7)8)15-24(16-28(32)22(9)10)34-30(36)11-12-33/h13-16,18-22H,11-12,17,33H2,1-10H3,(H,34,36)(H,35,37). The Balaban J connectivity index is 2.45. The summed E-state index contributed by atoms with van der Waals surface area (Å²) >= 11 is 0. The Bertz CT molecular complexity index is 1290. The lowest BCUT2D eigenvalue weighted by Gasteiger charge is -2.23. The third-order valence-electron chi connectivity index (χ3n) is 7.07. The zero-order valence-corrected chi connectivity index (χ0v) is 27.2. The monoisotopic (exact) mass is 587 g/mol. The van der Waals surface area contributed by atoms with Gasteiger partial charge in [0.15, 0.2) is 5.75 Å². The van der Waals surface area contributed by atoms with Crippen LogP contribution < -0.4 is 20.0 Å². The van der Waals surface area contributed by atoms with Gasteiger partial charge in [-0.3, -0.25) is 9.59 Å². The first-order valence-corrected chi connectivity index (χ1v) is 16.0. The molecule has 0 bridgehead atoms. The molecular formula is C32H49N3O5S. The molecule has 2 rings (SSSR count). The molecule has 0 radical (unpaired) electrons. The molecule has 0 saturated carbocycles. The van der Waals surface area contributed by atoms with E-state index >= 15 is 0 Å². The van der Waals surface area contributed by atoms with Crippen molar-refractivity contribution in [1.29, 1.82) is 0 Å². The summed E-state index contributed by atoms with van der Waals surface area (Å²) in [6.45, 7) is 20.4. The van der Waals surface area contributed by atoms with Gasteiger partial charge in [-0.25, -0.2) is 4.72 Å². The molecule has 0 spiro atoms. The van der Waals surface area contributed by atoms with E-state index in [0.717, 1.165) is 16.7 Å². The van der Waals surface area contributed by atoms with Crippen molar-refractivity contribution in [3.63, 3.8) is 0 Å². The smallest absolute Gasteiger partial charge is 0.366 e. The van der Waals surface area contributed by atoms with E-state index in [-0.39, 0.29) is 54.7 Å². The van der Waals surface area contributed by atoms with E-state index in [1.54, 1.807) is 12.1 Å². The normalized spacial score (nSPS) is 12.1. The van der Waals surface area contributed by atoms with Crippen LogP contribution in [0.3, 0.4) is 0 Å². The Morgan fingerprint density at radius 1 is 0.732 bits per heavy atom. The predicted octanol–water partition coefficient (Wildman–Crippen LogP) is 6.57. The van der Waals surface area contributed by atoms with Gasteiger partial charge < -0.3 is 15.2 Å². The lowest BCUT2D eigenvalue weighted by atomic mass is 9.83. The minimum Gasteiger partial charge on any atom is -0.366 e. The van der Waals surface area contributed by atoms with E-state index in [9.17, 15) is 18.0 Å². The second-order valence-corrected chi connectivity index (χ2v) is 13.5. The highest BCUT2D eigenvalue weighted by molar-refractivity contribution is 7.85. The topological polar surface area (TPSA) is 128 Å². The summed E-state index contributed by atoms with van der Waals surface area (Å²) in [5, 5.41) is 2.83. The van der Waals surface area contributed by atoms with Crippen LogP contribution in [-0.2, 0) is 26.3 Å². The summed E-state index contributed by atoms with van der Waals surface area (Å²) in [4.78, 5) is 25.4. The molecule has 0 aliphatic heterocycles. The van der Waals surface area contributed by atoms with Crippen LogP contribution in [0.1, 0.15) is 139 Å². The molecule has 4 N–H and O–H groups in total. The van der Waals surface area contributed by atoms with Gasteiger partial charge in [0.25, 0.3) is 0 Å². The molecular weight excluding hydrogens is 538 g/mol. The van der Waals surface area contributed by atoms with Crippen LogP contribution in [-0.4, -0.2) is 26.8 Å². The number of hydrogen-bond donors (Lipinski definition) is 3. The van der Waals surface area contributed by atoms with Crippen LogP contribution >= 0.6 is 0 Å². The van der Waals surface area contributed by atoms with Crippen molar-refractivity contribution in [2.24, 2.45) is 5.73 Å². The highest BCUT2D eigenvalue weighted by Crippen LogP contribution is 2.38. The quantitative estimate of drug-likeness (QED) is 0.243. The molecule has 0 aromatic heterocycles. The molecule has 2 aromatic carbocycles. The van der Waals surface area contributed by atoms with Gasteiger partial charge in [-0.05, 0) is 64.0 Å². The number of carbonyl (C=O) groups is 2. The van der Waals surface area contributed by atoms with E-state index in [0.29, 0.717) is 22.7 Å². The van der Waals surface area contributed by atoms with Crippen LogP contribution in [0.25, 0.3) is 0 Å². The first-order chi connectivity index (χ1) is 19.0. The van der Waals surface area contributed by atoms with Crippen molar-refractivity contribution < 1.29 is 22.2 Å². The fourth-order valence-corrected chi connectivity index (χ4v) is 5.64. The number of nitrogens with two attached hydrogens (primary N) is 1. The molecule has 0 fully saturated rings. The first kappa shape index (κ1) is 34.3. The highest BCUT2D eigenvalue weighted by atomic mass is 32.2. The van der Waals surface area contributed by atoms with Gasteiger partial charge in [-0.2, -0.15) is 8.42 Å². The average molecular weight is 588 g/mol. The fraction of sp³-hybridized carbons (Fsp3) is 0.562. The van der Waals surface area contributed by atoms with Crippen LogP contribution in [0, 0.1) is 0 Å². The minimum atomic E-state index is -4.50. The fourth-order valence-electron chi connectivity index (χ4n) is 4.83.